The second-order valence-corrected chi connectivity index (χ2v) is 7.39. The summed E-state index contributed by atoms with van der Waals surface area (Å²) in [6.45, 7) is 9.97. The van der Waals surface area contributed by atoms with Crippen LogP contribution in [-0.4, -0.2) is 35.3 Å². The summed E-state index contributed by atoms with van der Waals surface area (Å²) < 4.78 is 11.3. The van der Waals surface area contributed by atoms with Crippen molar-refractivity contribution in [2.24, 2.45) is 4.99 Å². The Morgan fingerprint density at radius 3 is 2.70 bits per heavy atom. The monoisotopic (exact) mass is 485 g/mol. The number of para-hydroxylation sites is 1. The van der Waals surface area contributed by atoms with Crippen molar-refractivity contribution >= 4 is 29.9 Å². The van der Waals surface area contributed by atoms with Crippen LogP contribution in [0.5, 0.6) is 5.75 Å². The van der Waals surface area contributed by atoms with Gasteiger partial charge in [0, 0.05) is 18.4 Å². The van der Waals surface area contributed by atoms with E-state index in [-0.39, 0.29) is 35.5 Å². The molecule has 0 spiro atoms. The molecule has 1 aliphatic heterocycles. The lowest BCUT2D eigenvalue weighted by molar-refractivity contribution is 0.235. The number of aliphatic imine (C=N–C) groups is 1. The highest BCUT2D eigenvalue weighted by atomic mass is 127. The summed E-state index contributed by atoms with van der Waals surface area (Å²) in [7, 11) is 0. The Balaban J connectivity index is 0.00000261. The minimum Gasteiger partial charge on any atom is -0.488 e. The van der Waals surface area contributed by atoms with Crippen LogP contribution in [0.2, 0.25) is 0 Å². The Kier molecular flexibility index (Phi) is 7.46. The lowest BCUT2D eigenvalue weighted by atomic mass is 9.97. The average molecular weight is 485 g/mol. The van der Waals surface area contributed by atoms with Crippen LogP contribution in [0.4, 0.5) is 0 Å². The number of hydrogen-bond acceptors (Lipinski definition) is 5. The Morgan fingerprint density at radius 2 is 2.04 bits per heavy atom. The van der Waals surface area contributed by atoms with Crippen molar-refractivity contribution in [3.8, 4) is 5.75 Å². The fourth-order valence-electron chi connectivity index (χ4n) is 2.69. The highest BCUT2D eigenvalue weighted by molar-refractivity contribution is 14.0. The van der Waals surface area contributed by atoms with E-state index in [0.29, 0.717) is 30.8 Å². The van der Waals surface area contributed by atoms with Gasteiger partial charge < -0.3 is 19.9 Å². The molecule has 0 amide bonds. The SMILES string of the molecule is CCNC(=NCc1noc(C(C)(C)C)n1)NCC1Cc2ccccc2O1.I. The normalized spacial score (nSPS) is 16.3. The number of ether oxygens (including phenoxy) is 1. The van der Waals surface area contributed by atoms with Gasteiger partial charge in [-0.25, -0.2) is 4.99 Å². The van der Waals surface area contributed by atoms with Crippen molar-refractivity contribution in [3.05, 3.63) is 41.5 Å². The fraction of sp³-hybridized carbons (Fsp3) is 0.526. The zero-order valence-corrected chi connectivity index (χ0v) is 18.6. The quantitative estimate of drug-likeness (QED) is 0.385. The molecule has 0 radical (unpaired) electrons. The third-order valence-electron chi connectivity index (χ3n) is 4.04. The topological polar surface area (TPSA) is 84.6 Å². The summed E-state index contributed by atoms with van der Waals surface area (Å²) in [5.74, 6) is 2.89. The highest BCUT2D eigenvalue weighted by Crippen LogP contribution is 2.27. The van der Waals surface area contributed by atoms with E-state index in [1.807, 2.05) is 45.9 Å². The summed E-state index contributed by atoms with van der Waals surface area (Å²) in [6.07, 6.45) is 1.01. The van der Waals surface area contributed by atoms with E-state index in [0.717, 1.165) is 18.7 Å². The van der Waals surface area contributed by atoms with Crippen LogP contribution in [-0.2, 0) is 18.4 Å². The van der Waals surface area contributed by atoms with Crippen LogP contribution in [0.1, 0.15) is 45.0 Å². The van der Waals surface area contributed by atoms with Gasteiger partial charge in [0.1, 0.15) is 18.4 Å². The van der Waals surface area contributed by atoms with Gasteiger partial charge >= 0.3 is 0 Å². The number of hydrogen-bond donors (Lipinski definition) is 2. The van der Waals surface area contributed by atoms with Crippen molar-refractivity contribution in [2.75, 3.05) is 13.1 Å². The minimum atomic E-state index is -0.160. The molecule has 1 aromatic carbocycles. The van der Waals surface area contributed by atoms with Crippen LogP contribution in [0, 0.1) is 0 Å². The van der Waals surface area contributed by atoms with Crippen LogP contribution >= 0.6 is 24.0 Å². The molecule has 2 N–H and O–H groups in total. The molecule has 3 rings (SSSR count). The van der Waals surface area contributed by atoms with Gasteiger partial charge in [-0.05, 0) is 18.6 Å². The predicted octanol–water partition coefficient (Wildman–Crippen LogP) is 3.04. The standard InChI is InChI=1S/C19H27N5O2.HI/c1-5-20-18(22-12-16-23-17(26-24-16)19(2,3)4)21-11-14-10-13-8-6-7-9-15(13)25-14;/h6-9,14H,5,10-12H2,1-4H3,(H2,20,21,22);1H. The summed E-state index contributed by atoms with van der Waals surface area (Å²) in [5.41, 5.74) is 1.09. The van der Waals surface area contributed by atoms with Gasteiger partial charge in [0.05, 0.1) is 6.54 Å². The number of halogens is 1. The number of nitrogens with one attached hydrogen (secondary N) is 2. The van der Waals surface area contributed by atoms with E-state index in [4.69, 9.17) is 9.26 Å². The van der Waals surface area contributed by atoms with Crippen LogP contribution < -0.4 is 15.4 Å². The number of nitrogens with zero attached hydrogens (tertiary/aromatic N) is 3. The molecule has 0 bridgehead atoms. The van der Waals surface area contributed by atoms with E-state index in [9.17, 15) is 0 Å². The zero-order valence-electron chi connectivity index (χ0n) is 16.3. The second kappa shape index (κ2) is 9.38. The summed E-state index contributed by atoms with van der Waals surface area (Å²) in [5, 5.41) is 10.6. The first-order valence-electron chi connectivity index (χ1n) is 9.05. The third kappa shape index (κ3) is 5.82. The molecule has 7 nitrogen and oxygen atoms in total. The molecule has 27 heavy (non-hydrogen) atoms. The number of aromatic nitrogens is 2. The molecule has 0 aliphatic carbocycles. The number of fused-ring (bicyclic) bond motifs is 1. The van der Waals surface area contributed by atoms with Crippen LogP contribution in [0.15, 0.2) is 33.8 Å². The van der Waals surface area contributed by atoms with Crippen LogP contribution in [0.3, 0.4) is 0 Å². The summed E-state index contributed by atoms with van der Waals surface area (Å²) in [6, 6.07) is 8.16. The van der Waals surface area contributed by atoms with Crippen molar-refractivity contribution < 1.29 is 9.26 Å². The van der Waals surface area contributed by atoms with Crippen molar-refractivity contribution in [2.45, 2.75) is 52.2 Å². The van der Waals surface area contributed by atoms with Gasteiger partial charge in [0.2, 0.25) is 5.89 Å². The molecule has 8 heteroatoms. The van der Waals surface area contributed by atoms with E-state index < -0.39 is 0 Å². The Labute approximate surface area is 177 Å². The molecular weight excluding hydrogens is 457 g/mol. The van der Waals surface area contributed by atoms with Gasteiger partial charge in [0.25, 0.3) is 0 Å². The lowest BCUT2D eigenvalue weighted by Gasteiger charge is -2.15. The van der Waals surface area contributed by atoms with E-state index >= 15 is 0 Å². The first-order valence-corrected chi connectivity index (χ1v) is 9.05. The number of guanidine groups is 1. The molecule has 1 unspecified atom stereocenters. The second-order valence-electron chi connectivity index (χ2n) is 7.39. The molecule has 2 aromatic rings. The molecular formula is C19H28IN5O2. The van der Waals surface area contributed by atoms with E-state index in [1.54, 1.807) is 0 Å². The van der Waals surface area contributed by atoms with Gasteiger partial charge in [0.15, 0.2) is 11.8 Å². The first-order chi connectivity index (χ1) is 12.5. The summed E-state index contributed by atoms with van der Waals surface area (Å²) in [4.78, 5) is 8.96. The largest absolute Gasteiger partial charge is 0.488 e. The zero-order chi connectivity index (χ0) is 18.6. The lowest BCUT2D eigenvalue weighted by Crippen LogP contribution is -2.42. The summed E-state index contributed by atoms with van der Waals surface area (Å²) >= 11 is 0. The third-order valence-corrected chi connectivity index (χ3v) is 4.04. The Morgan fingerprint density at radius 1 is 1.26 bits per heavy atom. The van der Waals surface area contributed by atoms with Gasteiger partial charge in [-0.2, -0.15) is 4.98 Å². The average Bonchev–Trinajstić information content (AvgIpc) is 3.23. The predicted molar refractivity (Wildman–Crippen MR) is 116 cm³/mol. The molecule has 2 heterocycles. The van der Waals surface area contributed by atoms with Crippen molar-refractivity contribution in [3.63, 3.8) is 0 Å². The van der Waals surface area contributed by atoms with E-state index in [2.05, 4.69) is 31.8 Å². The van der Waals surface area contributed by atoms with Gasteiger partial charge in [-0.15, -0.1) is 24.0 Å². The minimum absolute atomic E-state index is 0. The van der Waals surface area contributed by atoms with Crippen LogP contribution in [0.25, 0.3) is 0 Å². The molecule has 1 atom stereocenters. The van der Waals surface area contributed by atoms with Crippen molar-refractivity contribution in [1.82, 2.24) is 20.8 Å². The fourth-order valence-corrected chi connectivity index (χ4v) is 2.69. The molecule has 0 fully saturated rings. The van der Waals surface area contributed by atoms with E-state index in [1.165, 1.54) is 5.56 Å². The molecule has 148 valence electrons. The molecule has 0 saturated heterocycles. The number of rotatable bonds is 5. The smallest absolute Gasteiger partial charge is 0.232 e. The Bertz CT molecular complexity index is 744. The maximum absolute atomic E-state index is 5.95. The maximum atomic E-state index is 5.95. The molecule has 1 aliphatic rings. The maximum Gasteiger partial charge on any atom is 0.232 e. The molecule has 1 aromatic heterocycles. The first kappa shape index (κ1) is 21.5. The number of benzene rings is 1. The molecule has 0 saturated carbocycles. The van der Waals surface area contributed by atoms with Gasteiger partial charge in [-0.3, -0.25) is 0 Å². The van der Waals surface area contributed by atoms with Crippen molar-refractivity contribution in [1.29, 1.82) is 0 Å². The Hall–Kier alpha value is -1.84. The highest BCUT2D eigenvalue weighted by Gasteiger charge is 2.23. The van der Waals surface area contributed by atoms with Gasteiger partial charge in [-0.1, -0.05) is 44.1 Å².